The molecule has 1 unspecified atom stereocenters. The number of hydrogen-bond donors (Lipinski definition) is 1. The van der Waals surface area contributed by atoms with Gasteiger partial charge in [0.2, 0.25) is 5.91 Å². The second-order valence-electron chi connectivity index (χ2n) is 8.84. The van der Waals surface area contributed by atoms with E-state index in [-0.39, 0.29) is 6.04 Å². The fourth-order valence-electron chi connectivity index (χ4n) is 4.37. The molecule has 0 fully saturated rings. The molecule has 2 aromatic rings. The van der Waals surface area contributed by atoms with Gasteiger partial charge in [0, 0.05) is 19.2 Å². The van der Waals surface area contributed by atoms with Crippen LogP contribution >= 0.6 is 0 Å². The van der Waals surface area contributed by atoms with E-state index in [2.05, 4.69) is 57.9 Å². The lowest BCUT2D eigenvalue weighted by molar-refractivity contribution is -0.192. The van der Waals surface area contributed by atoms with Gasteiger partial charge in [-0.3, -0.25) is 9.48 Å². The molecular formula is C23H29F3N4O3. The molecule has 2 heterocycles. The SMILES string of the molecule is CN(C)CCC1CN(C(=O)CC2Cc3ccccc3C2)Cc2ccnn21.O=C(O)C(F)(F)F. The Labute approximate surface area is 190 Å². The van der Waals surface area contributed by atoms with Crippen molar-refractivity contribution in [2.75, 3.05) is 27.2 Å². The highest BCUT2D eigenvalue weighted by Gasteiger charge is 2.38. The van der Waals surface area contributed by atoms with E-state index in [1.165, 1.54) is 11.1 Å². The zero-order valence-corrected chi connectivity index (χ0v) is 18.8. The van der Waals surface area contributed by atoms with Crippen LogP contribution < -0.4 is 0 Å². The van der Waals surface area contributed by atoms with Crippen LogP contribution in [0.2, 0.25) is 0 Å². The number of alkyl halides is 3. The number of rotatable bonds is 5. The summed E-state index contributed by atoms with van der Waals surface area (Å²) >= 11 is 0. The van der Waals surface area contributed by atoms with Crippen molar-refractivity contribution in [1.82, 2.24) is 19.6 Å². The molecule has 0 bridgehead atoms. The molecule has 1 amide bonds. The Hall–Kier alpha value is -2.88. The highest BCUT2D eigenvalue weighted by Crippen LogP contribution is 2.30. The molecule has 1 aliphatic heterocycles. The molecule has 0 saturated heterocycles. The minimum absolute atomic E-state index is 0.279. The van der Waals surface area contributed by atoms with Crippen molar-refractivity contribution in [3.05, 3.63) is 53.3 Å². The molecule has 1 atom stereocenters. The first-order valence-electron chi connectivity index (χ1n) is 10.9. The predicted molar refractivity (Wildman–Crippen MR) is 115 cm³/mol. The van der Waals surface area contributed by atoms with Crippen LogP contribution in [0.3, 0.4) is 0 Å². The van der Waals surface area contributed by atoms with Gasteiger partial charge in [-0.15, -0.1) is 0 Å². The minimum atomic E-state index is -5.08. The van der Waals surface area contributed by atoms with E-state index in [1.807, 2.05) is 12.3 Å². The molecule has 33 heavy (non-hydrogen) atoms. The Bertz CT molecular complexity index is 949. The van der Waals surface area contributed by atoms with Crippen molar-refractivity contribution in [3.8, 4) is 0 Å². The van der Waals surface area contributed by atoms with Gasteiger partial charge >= 0.3 is 12.1 Å². The normalized spacial score (nSPS) is 17.9. The van der Waals surface area contributed by atoms with Crippen LogP contribution in [0.25, 0.3) is 0 Å². The summed E-state index contributed by atoms with van der Waals surface area (Å²) in [5.74, 6) is -2.01. The maximum absolute atomic E-state index is 13.0. The number of carboxylic acids is 1. The van der Waals surface area contributed by atoms with Crippen molar-refractivity contribution in [3.63, 3.8) is 0 Å². The zero-order valence-electron chi connectivity index (χ0n) is 18.8. The first-order chi connectivity index (χ1) is 15.5. The number of aromatic nitrogens is 2. The van der Waals surface area contributed by atoms with Crippen molar-refractivity contribution in [1.29, 1.82) is 0 Å². The molecule has 7 nitrogen and oxygen atoms in total. The third-order valence-corrected chi connectivity index (χ3v) is 5.99. The van der Waals surface area contributed by atoms with Crippen molar-refractivity contribution in [2.45, 2.75) is 44.4 Å². The van der Waals surface area contributed by atoms with E-state index < -0.39 is 12.1 Å². The van der Waals surface area contributed by atoms with Crippen molar-refractivity contribution >= 4 is 11.9 Å². The quantitative estimate of drug-likeness (QED) is 0.733. The zero-order chi connectivity index (χ0) is 24.2. The summed E-state index contributed by atoms with van der Waals surface area (Å²) in [5, 5.41) is 11.6. The van der Waals surface area contributed by atoms with Gasteiger partial charge in [0.1, 0.15) is 0 Å². The van der Waals surface area contributed by atoms with Gasteiger partial charge < -0.3 is 14.9 Å². The molecule has 1 N–H and O–H groups in total. The lowest BCUT2D eigenvalue weighted by Crippen LogP contribution is -2.42. The number of benzene rings is 1. The fourth-order valence-corrected chi connectivity index (χ4v) is 4.37. The van der Waals surface area contributed by atoms with Gasteiger partial charge in [-0.05, 0) is 63.0 Å². The highest BCUT2D eigenvalue weighted by molar-refractivity contribution is 5.77. The van der Waals surface area contributed by atoms with E-state index in [1.54, 1.807) is 0 Å². The summed E-state index contributed by atoms with van der Waals surface area (Å²) in [4.78, 5) is 26.2. The lowest BCUT2D eigenvalue weighted by Gasteiger charge is -2.35. The average molecular weight is 467 g/mol. The number of nitrogens with zero attached hydrogens (tertiary/aromatic N) is 4. The number of carboxylic acid groups (broad SMARTS) is 1. The van der Waals surface area contributed by atoms with Crippen LogP contribution in [0.15, 0.2) is 36.5 Å². The molecule has 4 rings (SSSR count). The van der Waals surface area contributed by atoms with E-state index in [4.69, 9.17) is 9.90 Å². The summed E-state index contributed by atoms with van der Waals surface area (Å²) in [6.45, 7) is 2.47. The van der Waals surface area contributed by atoms with Crippen LogP contribution in [0.4, 0.5) is 13.2 Å². The molecule has 1 aromatic heterocycles. The third-order valence-electron chi connectivity index (χ3n) is 5.99. The largest absolute Gasteiger partial charge is 0.490 e. The van der Waals surface area contributed by atoms with E-state index >= 15 is 0 Å². The highest BCUT2D eigenvalue weighted by atomic mass is 19.4. The second kappa shape index (κ2) is 10.4. The lowest BCUT2D eigenvalue weighted by atomic mass is 10.0. The Kier molecular flexibility index (Phi) is 7.78. The Balaban J connectivity index is 0.000000383. The number of hydrogen-bond acceptors (Lipinski definition) is 4. The Morgan fingerprint density at radius 2 is 1.76 bits per heavy atom. The number of aliphatic carboxylic acids is 1. The van der Waals surface area contributed by atoms with Gasteiger partial charge in [-0.25, -0.2) is 4.79 Å². The number of carbonyl (C=O) groups is 2. The monoisotopic (exact) mass is 466 g/mol. The predicted octanol–water partition coefficient (Wildman–Crippen LogP) is 3.16. The van der Waals surface area contributed by atoms with Gasteiger partial charge in [0.25, 0.3) is 0 Å². The van der Waals surface area contributed by atoms with Gasteiger partial charge in [-0.2, -0.15) is 18.3 Å². The summed E-state index contributed by atoms with van der Waals surface area (Å²) in [5.41, 5.74) is 4.00. The third kappa shape index (κ3) is 6.56. The topological polar surface area (TPSA) is 78.7 Å². The number of carbonyl (C=O) groups excluding carboxylic acids is 1. The molecule has 10 heteroatoms. The van der Waals surface area contributed by atoms with E-state index in [0.29, 0.717) is 24.8 Å². The van der Waals surface area contributed by atoms with Gasteiger partial charge in [-0.1, -0.05) is 24.3 Å². The maximum atomic E-state index is 13.0. The fraction of sp³-hybridized carbons (Fsp3) is 0.522. The van der Waals surface area contributed by atoms with Gasteiger partial charge in [0.05, 0.1) is 18.3 Å². The number of fused-ring (bicyclic) bond motifs is 2. The Morgan fingerprint density at radius 1 is 1.15 bits per heavy atom. The van der Waals surface area contributed by atoms with Crippen LogP contribution in [0, 0.1) is 5.92 Å². The first kappa shape index (κ1) is 24.8. The standard InChI is InChI=1S/C21H28N4O.C2HF3O2/c1-23(2)10-8-20-15-24(14-19-7-9-22-25(19)20)21(26)13-16-11-17-5-3-4-6-18(17)12-16;3-2(4,5)1(6)7/h3-7,9,16,20H,8,10-15H2,1-2H3;(H,6,7). The summed E-state index contributed by atoms with van der Waals surface area (Å²) in [6, 6.07) is 10.9. The molecule has 2 aliphatic rings. The molecule has 0 radical (unpaired) electrons. The van der Waals surface area contributed by atoms with E-state index in [0.717, 1.165) is 38.0 Å². The van der Waals surface area contributed by atoms with Crippen LogP contribution in [-0.4, -0.2) is 69.9 Å². The minimum Gasteiger partial charge on any atom is -0.475 e. The van der Waals surface area contributed by atoms with Crippen LogP contribution in [0.5, 0.6) is 0 Å². The molecular weight excluding hydrogens is 437 g/mol. The van der Waals surface area contributed by atoms with Crippen molar-refractivity contribution < 1.29 is 27.9 Å². The average Bonchev–Trinajstić information content (AvgIpc) is 3.37. The summed E-state index contributed by atoms with van der Waals surface area (Å²) in [6.07, 6.45) is 0.526. The molecule has 0 spiro atoms. The molecule has 1 aliphatic carbocycles. The molecule has 1 aromatic carbocycles. The first-order valence-corrected chi connectivity index (χ1v) is 10.9. The van der Waals surface area contributed by atoms with Crippen molar-refractivity contribution in [2.24, 2.45) is 5.92 Å². The molecule has 0 saturated carbocycles. The maximum Gasteiger partial charge on any atom is 0.490 e. The summed E-state index contributed by atoms with van der Waals surface area (Å²) < 4.78 is 33.9. The van der Waals surface area contributed by atoms with Crippen LogP contribution in [-0.2, 0) is 29.0 Å². The second-order valence-corrected chi connectivity index (χ2v) is 8.84. The summed E-state index contributed by atoms with van der Waals surface area (Å²) in [7, 11) is 4.18. The van der Waals surface area contributed by atoms with Crippen LogP contribution in [0.1, 0.15) is 35.7 Å². The number of amides is 1. The number of halogens is 3. The smallest absolute Gasteiger partial charge is 0.475 e. The van der Waals surface area contributed by atoms with Gasteiger partial charge in [0.15, 0.2) is 0 Å². The molecule has 180 valence electrons. The Morgan fingerprint density at radius 3 is 2.30 bits per heavy atom. The van der Waals surface area contributed by atoms with E-state index in [9.17, 15) is 18.0 Å².